The van der Waals surface area contributed by atoms with Gasteiger partial charge >= 0.3 is 0 Å². The fourth-order valence-electron chi connectivity index (χ4n) is 2.22. The van der Waals surface area contributed by atoms with Crippen LogP contribution in [-0.4, -0.2) is 31.0 Å². The third-order valence-electron chi connectivity index (χ3n) is 3.24. The number of allylic oxidation sites excluding steroid dienone is 1. The molecule has 25 heavy (non-hydrogen) atoms. The van der Waals surface area contributed by atoms with Crippen LogP contribution in [0.4, 0.5) is 5.13 Å². The van der Waals surface area contributed by atoms with Gasteiger partial charge in [-0.1, -0.05) is 12.2 Å². The highest BCUT2D eigenvalue weighted by Crippen LogP contribution is 2.34. The zero-order valence-corrected chi connectivity index (χ0v) is 15.0. The minimum Gasteiger partial charge on any atom is -0.493 e. The number of nitrogens with two attached hydrogens (primary N) is 1. The summed E-state index contributed by atoms with van der Waals surface area (Å²) in [6, 6.07) is 3.30. The van der Waals surface area contributed by atoms with Crippen molar-refractivity contribution in [2.45, 2.75) is 13.3 Å². The van der Waals surface area contributed by atoms with Crippen molar-refractivity contribution < 1.29 is 19.1 Å². The summed E-state index contributed by atoms with van der Waals surface area (Å²) in [5, 5.41) is 4.78. The molecular formula is C17H19N3O4S. The van der Waals surface area contributed by atoms with Gasteiger partial charge in [-0.25, -0.2) is 4.98 Å². The standard InChI is InChI=1S/C17H19N3O4S/c1-4-5-10-6-11(7-13(23-2)15(10)24-3)16(22)20-17-19-12(9-25-17)8-14(18)21/h4-7,9H,8H2,1-3H3,(H2,18,21)(H,19,20,22)/b5-4+. The summed E-state index contributed by atoms with van der Waals surface area (Å²) < 4.78 is 10.7. The summed E-state index contributed by atoms with van der Waals surface area (Å²) in [5.74, 6) is 0.192. The lowest BCUT2D eigenvalue weighted by molar-refractivity contribution is -0.117. The predicted molar refractivity (Wildman–Crippen MR) is 97.2 cm³/mol. The minimum absolute atomic E-state index is 0.0359. The number of anilines is 1. The zero-order valence-electron chi connectivity index (χ0n) is 14.2. The van der Waals surface area contributed by atoms with Crippen molar-refractivity contribution in [1.29, 1.82) is 0 Å². The molecule has 2 rings (SSSR count). The number of aromatic nitrogens is 1. The molecule has 8 heteroatoms. The highest BCUT2D eigenvalue weighted by atomic mass is 32.1. The largest absolute Gasteiger partial charge is 0.493 e. The molecule has 0 unspecified atom stereocenters. The lowest BCUT2D eigenvalue weighted by Crippen LogP contribution is -2.15. The van der Waals surface area contributed by atoms with E-state index < -0.39 is 5.91 Å². The molecule has 0 radical (unpaired) electrons. The van der Waals surface area contributed by atoms with E-state index >= 15 is 0 Å². The van der Waals surface area contributed by atoms with E-state index in [0.717, 1.165) is 5.56 Å². The smallest absolute Gasteiger partial charge is 0.257 e. The number of hydrogen-bond acceptors (Lipinski definition) is 6. The summed E-state index contributed by atoms with van der Waals surface area (Å²) in [5.41, 5.74) is 6.78. The van der Waals surface area contributed by atoms with E-state index in [2.05, 4.69) is 10.3 Å². The van der Waals surface area contributed by atoms with E-state index in [4.69, 9.17) is 15.2 Å². The Bertz CT molecular complexity index is 814. The van der Waals surface area contributed by atoms with Crippen molar-refractivity contribution >= 4 is 34.4 Å². The van der Waals surface area contributed by atoms with Crippen LogP contribution in [0.25, 0.3) is 6.08 Å². The van der Waals surface area contributed by atoms with Crippen LogP contribution in [0.3, 0.4) is 0 Å². The van der Waals surface area contributed by atoms with Crippen LogP contribution in [0.5, 0.6) is 11.5 Å². The van der Waals surface area contributed by atoms with E-state index in [1.165, 1.54) is 18.4 Å². The molecule has 1 aromatic carbocycles. The molecule has 3 N–H and O–H groups in total. The van der Waals surface area contributed by atoms with Crippen LogP contribution in [0.2, 0.25) is 0 Å². The lowest BCUT2D eigenvalue weighted by Gasteiger charge is -2.13. The number of amides is 2. The number of ether oxygens (including phenoxy) is 2. The van der Waals surface area contributed by atoms with Crippen molar-refractivity contribution in [3.8, 4) is 11.5 Å². The number of benzene rings is 1. The molecule has 0 saturated heterocycles. The molecule has 7 nitrogen and oxygen atoms in total. The highest BCUT2D eigenvalue weighted by Gasteiger charge is 2.16. The monoisotopic (exact) mass is 361 g/mol. The summed E-state index contributed by atoms with van der Waals surface area (Å²) >= 11 is 1.23. The van der Waals surface area contributed by atoms with E-state index in [-0.39, 0.29) is 12.3 Å². The van der Waals surface area contributed by atoms with Crippen LogP contribution in [-0.2, 0) is 11.2 Å². The van der Waals surface area contributed by atoms with Crippen LogP contribution in [0.15, 0.2) is 23.6 Å². The highest BCUT2D eigenvalue weighted by molar-refractivity contribution is 7.14. The van der Waals surface area contributed by atoms with Gasteiger partial charge in [-0.15, -0.1) is 11.3 Å². The van der Waals surface area contributed by atoms with Crippen LogP contribution in [0.1, 0.15) is 28.5 Å². The number of hydrogen-bond donors (Lipinski definition) is 2. The summed E-state index contributed by atoms with van der Waals surface area (Å²) in [6.07, 6.45) is 3.70. The van der Waals surface area contributed by atoms with Gasteiger partial charge in [0.05, 0.1) is 26.3 Å². The minimum atomic E-state index is -0.473. The normalized spacial score (nSPS) is 10.7. The quantitative estimate of drug-likeness (QED) is 0.788. The lowest BCUT2D eigenvalue weighted by atomic mass is 10.1. The van der Waals surface area contributed by atoms with Gasteiger partial charge in [0, 0.05) is 16.5 Å². The number of methoxy groups -OCH3 is 2. The van der Waals surface area contributed by atoms with E-state index in [9.17, 15) is 9.59 Å². The molecular weight excluding hydrogens is 342 g/mol. The number of rotatable bonds is 7. The maximum atomic E-state index is 12.5. The zero-order chi connectivity index (χ0) is 18.4. The molecule has 0 aliphatic carbocycles. The number of carbonyl (C=O) groups excluding carboxylic acids is 2. The van der Waals surface area contributed by atoms with Crippen LogP contribution >= 0.6 is 11.3 Å². The van der Waals surface area contributed by atoms with Crippen LogP contribution in [0, 0.1) is 0 Å². The second-order valence-corrected chi connectivity index (χ2v) is 5.90. The Morgan fingerprint density at radius 3 is 2.68 bits per heavy atom. The van der Waals surface area contributed by atoms with Crippen molar-refractivity contribution in [2.24, 2.45) is 5.73 Å². The Balaban J connectivity index is 2.28. The second-order valence-electron chi connectivity index (χ2n) is 5.04. The van der Waals surface area contributed by atoms with Crippen LogP contribution < -0.4 is 20.5 Å². The summed E-state index contributed by atoms with van der Waals surface area (Å²) in [7, 11) is 3.05. The third-order valence-corrected chi connectivity index (χ3v) is 4.05. The molecule has 0 fully saturated rings. The topological polar surface area (TPSA) is 104 Å². The van der Waals surface area contributed by atoms with E-state index in [0.29, 0.717) is 27.9 Å². The third kappa shape index (κ3) is 4.57. The first kappa shape index (κ1) is 18.5. The van der Waals surface area contributed by atoms with Gasteiger partial charge in [-0.05, 0) is 19.1 Å². The molecule has 2 aromatic rings. The molecule has 0 bridgehead atoms. The van der Waals surface area contributed by atoms with Gasteiger partial charge in [0.15, 0.2) is 16.6 Å². The predicted octanol–water partition coefficient (Wildman–Crippen LogP) is 2.47. The average Bonchev–Trinajstić information content (AvgIpc) is 3.00. The molecule has 0 saturated carbocycles. The Kier molecular flexibility index (Phi) is 6.13. The Morgan fingerprint density at radius 2 is 2.08 bits per heavy atom. The fraction of sp³-hybridized carbons (Fsp3) is 0.235. The molecule has 0 atom stereocenters. The van der Waals surface area contributed by atoms with Gasteiger partial charge < -0.3 is 15.2 Å². The van der Waals surface area contributed by atoms with Gasteiger partial charge in [-0.3, -0.25) is 14.9 Å². The molecule has 0 aliphatic rings. The Morgan fingerprint density at radius 1 is 1.32 bits per heavy atom. The number of nitrogens with one attached hydrogen (secondary N) is 1. The molecule has 0 spiro atoms. The van der Waals surface area contributed by atoms with Gasteiger partial charge in [0.1, 0.15) is 0 Å². The maximum absolute atomic E-state index is 12.5. The SMILES string of the molecule is C/C=C/c1cc(C(=O)Nc2nc(CC(N)=O)cs2)cc(OC)c1OC. The number of nitrogens with zero attached hydrogens (tertiary/aromatic N) is 1. The van der Waals surface area contributed by atoms with Gasteiger partial charge in [-0.2, -0.15) is 0 Å². The number of carbonyl (C=O) groups is 2. The number of thiazole rings is 1. The van der Waals surface area contributed by atoms with Gasteiger partial charge in [0.25, 0.3) is 5.91 Å². The molecule has 2 amide bonds. The number of primary amides is 1. The molecule has 1 heterocycles. The first-order valence-electron chi connectivity index (χ1n) is 7.41. The van der Waals surface area contributed by atoms with Crippen molar-refractivity contribution in [1.82, 2.24) is 4.98 Å². The Labute approximate surface area is 149 Å². The van der Waals surface area contributed by atoms with Crippen molar-refractivity contribution in [3.63, 3.8) is 0 Å². The van der Waals surface area contributed by atoms with Crippen molar-refractivity contribution in [2.75, 3.05) is 19.5 Å². The first-order valence-corrected chi connectivity index (χ1v) is 8.29. The fourth-order valence-corrected chi connectivity index (χ4v) is 2.93. The molecule has 0 aliphatic heterocycles. The van der Waals surface area contributed by atoms with Crippen molar-refractivity contribution in [3.05, 3.63) is 40.4 Å². The van der Waals surface area contributed by atoms with Gasteiger partial charge in [0.2, 0.25) is 5.91 Å². The average molecular weight is 361 g/mol. The summed E-state index contributed by atoms with van der Waals surface area (Å²) in [4.78, 5) is 27.6. The second kappa shape index (κ2) is 8.29. The van der Waals surface area contributed by atoms with E-state index in [1.807, 2.05) is 19.1 Å². The molecule has 132 valence electrons. The Hall–Kier alpha value is -2.87. The molecule has 1 aromatic heterocycles. The summed E-state index contributed by atoms with van der Waals surface area (Å²) in [6.45, 7) is 1.87. The maximum Gasteiger partial charge on any atom is 0.257 e. The van der Waals surface area contributed by atoms with E-state index in [1.54, 1.807) is 24.6 Å². The first-order chi connectivity index (χ1) is 12.0.